The highest BCUT2D eigenvalue weighted by atomic mass is 127. The lowest BCUT2D eigenvalue weighted by Crippen LogP contribution is -2.15. The maximum Gasteiger partial charge on any atom is 0.306 e. The Balaban J connectivity index is 1.78. The normalized spacial score (nSPS) is 11.4. The Hall–Kier alpha value is -2.29. The number of benzene rings is 2. The van der Waals surface area contributed by atoms with Gasteiger partial charge >= 0.3 is 11.9 Å². The molecule has 198 valence electrons. The smallest absolute Gasteiger partial charge is 0.306 e. The zero-order chi connectivity index (χ0) is 26.9. The molecule has 7 heteroatoms. The van der Waals surface area contributed by atoms with Gasteiger partial charge in [0, 0.05) is 12.8 Å². The Morgan fingerprint density at radius 3 is 1.92 bits per heavy atom. The third-order valence-corrected chi connectivity index (χ3v) is 6.84. The fourth-order valence-corrected chi connectivity index (χ4v) is 4.76. The van der Waals surface area contributed by atoms with Crippen LogP contribution < -0.4 is 0 Å². The molecule has 36 heavy (non-hydrogen) atoms. The van der Waals surface area contributed by atoms with Gasteiger partial charge in [-0.25, -0.2) is 0 Å². The van der Waals surface area contributed by atoms with Crippen molar-refractivity contribution in [3.05, 3.63) is 55.7 Å². The van der Waals surface area contributed by atoms with Crippen LogP contribution in [0.3, 0.4) is 0 Å². The molecule has 2 rings (SSSR count). The first kappa shape index (κ1) is 29.9. The molecule has 0 heterocycles. The molecule has 0 saturated heterocycles. The summed E-state index contributed by atoms with van der Waals surface area (Å²) in [5, 5.41) is 20.6. The number of phenols is 2. The molecule has 0 saturated carbocycles. The van der Waals surface area contributed by atoms with Gasteiger partial charge in [-0.15, -0.1) is 0 Å². The van der Waals surface area contributed by atoms with Gasteiger partial charge in [-0.1, -0.05) is 52.3 Å². The summed E-state index contributed by atoms with van der Waals surface area (Å²) in [6.07, 6.45) is 4.31. The van der Waals surface area contributed by atoms with Crippen molar-refractivity contribution in [3.8, 4) is 11.5 Å². The summed E-state index contributed by atoms with van der Waals surface area (Å²) < 4.78 is 11.2. The molecule has 0 radical (unpaired) electrons. The molecule has 0 aliphatic rings. The minimum Gasteiger partial charge on any atom is -0.507 e. The molecule has 0 aliphatic heterocycles. The van der Waals surface area contributed by atoms with Gasteiger partial charge in [0.05, 0.1) is 3.57 Å². The number of aromatic hydroxyl groups is 2. The summed E-state index contributed by atoms with van der Waals surface area (Å²) >= 11 is 2.06. The standard InChI is InChI=1S/C29H39IO6/c1-6-7-8-22-16-21(17-23(28(22)34)29(3,4)5)10-12-26(32)36-14-13-35-25(31)11-9-20-15-19(2)27(33)24(30)18-20/h15-18,33-34H,6-14H2,1-5H3. The lowest BCUT2D eigenvalue weighted by molar-refractivity contribution is -0.152. The first-order valence-corrected chi connectivity index (χ1v) is 13.6. The van der Waals surface area contributed by atoms with E-state index in [9.17, 15) is 19.8 Å². The summed E-state index contributed by atoms with van der Waals surface area (Å²) in [7, 11) is 0. The van der Waals surface area contributed by atoms with Gasteiger partial charge < -0.3 is 19.7 Å². The van der Waals surface area contributed by atoms with Crippen LogP contribution in [0, 0.1) is 10.5 Å². The minimum atomic E-state index is -0.356. The van der Waals surface area contributed by atoms with Crippen LogP contribution in [-0.2, 0) is 43.7 Å². The summed E-state index contributed by atoms with van der Waals surface area (Å²) in [5.41, 5.74) is 4.35. The number of rotatable bonds is 12. The molecule has 2 aromatic rings. The average molecular weight is 611 g/mol. The number of carbonyl (C=O) groups is 2. The van der Waals surface area contributed by atoms with E-state index in [2.05, 4.69) is 50.3 Å². The SMILES string of the molecule is CCCCc1cc(CCC(=O)OCCOC(=O)CCc2cc(C)c(O)c(I)c2)cc(C(C)(C)C)c1O. The van der Waals surface area contributed by atoms with E-state index in [4.69, 9.17) is 9.47 Å². The van der Waals surface area contributed by atoms with E-state index in [1.165, 1.54) is 0 Å². The second kappa shape index (κ2) is 13.9. The predicted molar refractivity (Wildman–Crippen MR) is 150 cm³/mol. The highest BCUT2D eigenvalue weighted by Gasteiger charge is 2.21. The summed E-state index contributed by atoms with van der Waals surface area (Å²) in [6.45, 7) is 10.2. The topological polar surface area (TPSA) is 93.1 Å². The van der Waals surface area contributed by atoms with Crippen LogP contribution in [0.1, 0.15) is 81.2 Å². The van der Waals surface area contributed by atoms with Gasteiger partial charge in [0.15, 0.2) is 0 Å². The first-order valence-electron chi connectivity index (χ1n) is 12.6. The molecule has 0 aliphatic carbocycles. The van der Waals surface area contributed by atoms with Gasteiger partial charge in [0.2, 0.25) is 0 Å². The van der Waals surface area contributed by atoms with Crippen molar-refractivity contribution >= 4 is 34.5 Å². The molecule has 0 fully saturated rings. The number of carbonyl (C=O) groups excluding carboxylic acids is 2. The zero-order valence-electron chi connectivity index (χ0n) is 22.1. The van der Waals surface area contributed by atoms with Crippen molar-refractivity contribution in [2.24, 2.45) is 0 Å². The monoisotopic (exact) mass is 610 g/mol. The molecule has 0 aromatic heterocycles. The van der Waals surface area contributed by atoms with Gasteiger partial charge in [0.25, 0.3) is 0 Å². The molecule has 0 amide bonds. The van der Waals surface area contributed by atoms with Gasteiger partial charge in [-0.3, -0.25) is 9.59 Å². The molecule has 0 spiro atoms. The van der Waals surface area contributed by atoms with Crippen molar-refractivity contribution < 1.29 is 29.3 Å². The van der Waals surface area contributed by atoms with Crippen LogP contribution in [0.4, 0.5) is 0 Å². The van der Waals surface area contributed by atoms with E-state index in [0.29, 0.717) is 18.6 Å². The fourth-order valence-electron chi connectivity index (χ4n) is 3.93. The Morgan fingerprint density at radius 2 is 1.42 bits per heavy atom. The van der Waals surface area contributed by atoms with E-state index >= 15 is 0 Å². The largest absolute Gasteiger partial charge is 0.507 e. The molecular formula is C29H39IO6. The predicted octanol–water partition coefficient (Wildman–Crippen LogP) is 6.30. The lowest BCUT2D eigenvalue weighted by Gasteiger charge is -2.23. The number of hydrogen-bond acceptors (Lipinski definition) is 6. The first-order chi connectivity index (χ1) is 16.9. The molecule has 0 atom stereocenters. The third kappa shape index (κ3) is 9.30. The van der Waals surface area contributed by atoms with Crippen molar-refractivity contribution in [1.82, 2.24) is 0 Å². The van der Waals surface area contributed by atoms with Crippen molar-refractivity contribution in [2.45, 2.75) is 85.0 Å². The molecule has 0 unspecified atom stereocenters. The Labute approximate surface area is 228 Å². The fraction of sp³-hybridized carbons (Fsp3) is 0.517. The number of halogens is 1. The average Bonchev–Trinajstić information content (AvgIpc) is 2.81. The van der Waals surface area contributed by atoms with Crippen LogP contribution >= 0.6 is 22.6 Å². The molecule has 0 bridgehead atoms. The van der Waals surface area contributed by atoms with Crippen LogP contribution in [0.15, 0.2) is 24.3 Å². The van der Waals surface area contributed by atoms with Gasteiger partial charge in [-0.2, -0.15) is 0 Å². The number of ether oxygens (including phenoxy) is 2. The molecule has 2 N–H and O–H groups in total. The molecule has 2 aromatic carbocycles. The quantitative estimate of drug-likeness (QED) is 0.167. The molecular weight excluding hydrogens is 571 g/mol. The van der Waals surface area contributed by atoms with Crippen molar-refractivity contribution in [2.75, 3.05) is 13.2 Å². The third-order valence-electron chi connectivity index (χ3n) is 6.02. The van der Waals surface area contributed by atoms with E-state index in [0.717, 1.165) is 50.6 Å². The number of aryl methyl sites for hydroxylation is 4. The van der Waals surface area contributed by atoms with E-state index in [1.54, 1.807) is 0 Å². The number of phenolic OH excluding ortho intramolecular Hbond substituents is 2. The summed E-state index contributed by atoms with van der Waals surface area (Å²) in [6, 6.07) is 7.68. The Bertz CT molecular complexity index is 1030. The van der Waals surface area contributed by atoms with Crippen LogP contribution in [0.25, 0.3) is 0 Å². The number of unbranched alkanes of at least 4 members (excludes halogenated alkanes) is 1. The summed E-state index contributed by atoms with van der Waals surface area (Å²) in [4.78, 5) is 24.3. The van der Waals surface area contributed by atoms with Gasteiger partial charge in [-0.05, 0) is 94.5 Å². The highest BCUT2D eigenvalue weighted by Crippen LogP contribution is 2.35. The van der Waals surface area contributed by atoms with E-state index in [1.807, 2.05) is 31.2 Å². The van der Waals surface area contributed by atoms with Crippen molar-refractivity contribution in [3.63, 3.8) is 0 Å². The van der Waals surface area contributed by atoms with Crippen LogP contribution in [-0.4, -0.2) is 35.4 Å². The lowest BCUT2D eigenvalue weighted by atomic mass is 9.83. The van der Waals surface area contributed by atoms with Crippen molar-refractivity contribution in [1.29, 1.82) is 0 Å². The highest BCUT2D eigenvalue weighted by molar-refractivity contribution is 14.1. The van der Waals surface area contributed by atoms with E-state index in [-0.39, 0.29) is 49.2 Å². The second-order valence-corrected chi connectivity index (χ2v) is 11.4. The number of hydrogen-bond donors (Lipinski definition) is 2. The number of esters is 2. The second-order valence-electron chi connectivity index (χ2n) is 10.2. The Kier molecular flexibility index (Phi) is 11.5. The van der Waals surface area contributed by atoms with Gasteiger partial charge in [0.1, 0.15) is 24.7 Å². The zero-order valence-corrected chi connectivity index (χ0v) is 24.2. The van der Waals surface area contributed by atoms with Crippen LogP contribution in [0.5, 0.6) is 11.5 Å². The minimum absolute atomic E-state index is 0.0191. The molecule has 6 nitrogen and oxygen atoms in total. The maximum absolute atomic E-state index is 12.2. The summed E-state index contributed by atoms with van der Waals surface area (Å²) in [5.74, 6) is -0.0778. The Morgan fingerprint density at radius 1 is 0.861 bits per heavy atom. The van der Waals surface area contributed by atoms with Crippen LogP contribution in [0.2, 0.25) is 0 Å². The maximum atomic E-state index is 12.2. The van der Waals surface area contributed by atoms with E-state index < -0.39 is 0 Å².